The summed E-state index contributed by atoms with van der Waals surface area (Å²) < 4.78 is 6.14. The molecule has 1 atom stereocenters. The summed E-state index contributed by atoms with van der Waals surface area (Å²) >= 11 is 0. The topological polar surface area (TPSA) is 66.8 Å². The lowest BCUT2D eigenvalue weighted by molar-refractivity contribution is -0.154. The predicted molar refractivity (Wildman–Crippen MR) is 138 cm³/mol. The van der Waals surface area contributed by atoms with Crippen LogP contribution in [-0.2, 0) is 16.0 Å². The molecule has 1 aromatic carbocycles. The zero-order valence-corrected chi connectivity index (χ0v) is 22.7. The first kappa shape index (κ1) is 27.2. The average Bonchev–Trinajstić information content (AvgIpc) is 2.72. The maximum Gasteiger partial charge on any atom is 0.317 e. The molecule has 2 aliphatic carbocycles. The Labute approximate surface area is 207 Å². The Balaban J connectivity index is 2.03. The van der Waals surface area contributed by atoms with Crippen LogP contribution >= 0.6 is 0 Å². The largest absolute Gasteiger partial charge is 0.426 e. The fourth-order valence-corrected chi connectivity index (χ4v) is 5.97. The molecule has 0 aromatic heterocycles. The van der Waals surface area contributed by atoms with E-state index < -0.39 is 16.6 Å². The number of ether oxygens (including phenoxy) is 1. The van der Waals surface area contributed by atoms with Crippen LogP contribution < -0.4 is 4.74 Å². The summed E-state index contributed by atoms with van der Waals surface area (Å²) in [4.78, 5) is 13.7. The van der Waals surface area contributed by atoms with Gasteiger partial charge in [0, 0.05) is 0 Å². The molecule has 0 radical (unpaired) electrons. The van der Waals surface area contributed by atoms with Gasteiger partial charge in [-0.2, -0.15) is 0 Å². The monoisotopic (exact) mass is 472 g/mol. The molecule has 0 bridgehead atoms. The Hall–Kier alpha value is -1.39. The third-order valence-electron chi connectivity index (χ3n) is 8.54. The molecule has 4 heteroatoms. The van der Waals surface area contributed by atoms with Crippen LogP contribution in [0.4, 0.5) is 0 Å². The van der Waals surface area contributed by atoms with Crippen LogP contribution in [0.25, 0.3) is 0 Å². The van der Waals surface area contributed by atoms with Crippen LogP contribution in [0.15, 0.2) is 18.2 Å². The highest BCUT2D eigenvalue weighted by Crippen LogP contribution is 2.48. The van der Waals surface area contributed by atoms with Gasteiger partial charge in [0.25, 0.3) is 0 Å². The lowest BCUT2D eigenvalue weighted by Crippen LogP contribution is -2.45. The SMILES string of the molecule is CC(C)(C)CC(C)(C(=O)Oc1cc(C2(O)CCCCC2)cc(C2(O)CCCCC2)c1)C(C)(C)C. The van der Waals surface area contributed by atoms with Crippen LogP contribution in [0.3, 0.4) is 0 Å². The summed E-state index contributed by atoms with van der Waals surface area (Å²) in [5, 5.41) is 23.1. The molecule has 192 valence electrons. The smallest absolute Gasteiger partial charge is 0.317 e. The van der Waals surface area contributed by atoms with Gasteiger partial charge in [0.1, 0.15) is 5.75 Å². The summed E-state index contributed by atoms with van der Waals surface area (Å²) in [6.45, 7) is 14.8. The van der Waals surface area contributed by atoms with Crippen LogP contribution in [0, 0.1) is 16.2 Å². The Bertz CT molecular complexity index is 819. The van der Waals surface area contributed by atoms with Crippen molar-refractivity contribution in [2.24, 2.45) is 16.2 Å². The summed E-state index contributed by atoms with van der Waals surface area (Å²) in [6.07, 6.45) is 9.68. The molecule has 2 N–H and O–H groups in total. The molecular formula is C30H48O4. The van der Waals surface area contributed by atoms with Crippen LogP contribution in [0.1, 0.15) is 130 Å². The Morgan fingerprint density at radius 2 is 1.18 bits per heavy atom. The summed E-state index contributed by atoms with van der Waals surface area (Å²) in [5.41, 5.74) is -1.33. The zero-order chi connectivity index (χ0) is 25.4. The van der Waals surface area contributed by atoms with Gasteiger partial charge in [-0.05, 0) is 79.2 Å². The van der Waals surface area contributed by atoms with Crippen LogP contribution in [0.5, 0.6) is 5.75 Å². The molecular weight excluding hydrogens is 424 g/mol. The fraction of sp³-hybridized carbons (Fsp3) is 0.767. The van der Waals surface area contributed by atoms with E-state index in [1.54, 1.807) is 0 Å². The maximum absolute atomic E-state index is 13.7. The lowest BCUT2D eigenvalue weighted by Gasteiger charge is -2.43. The molecule has 4 nitrogen and oxygen atoms in total. The molecule has 0 spiro atoms. The van der Waals surface area contributed by atoms with Gasteiger partial charge >= 0.3 is 5.97 Å². The minimum Gasteiger partial charge on any atom is -0.426 e. The van der Waals surface area contributed by atoms with Gasteiger partial charge in [-0.25, -0.2) is 0 Å². The fourth-order valence-electron chi connectivity index (χ4n) is 5.97. The van der Waals surface area contributed by atoms with Crippen molar-refractivity contribution in [1.29, 1.82) is 0 Å². The van der Waals surface area contributed by atoms with E-state index in [-0.39, 0.29) is 16.8 Å². The Morgan fingerprint density at radius 3 is 1.53 bits per heavy atom. The molecule has 0 amide bonds. The van der Waals surface area contributed by atoms with Crippen molar-refractivity contribution in [3.8, 4) is 5.75 Å². The van der Waals surface area contributed by atoms with E-state index in [1.165, 1.54) is 0 Å². The number of esters is 1. The first-order valence-electron chi connectivity index (χ1n) is 13.4. The van der Waals surface area contributed by atoms with Crippen molar-refractivity contribution >= 4 is 5.97 Å². The number of hydrogen-bond acceptors (Lipinski definition) is 4. The second-order valence-electron chi connectivity index (χ2n) is 13.6. The zero-order valence-electron chi connectivity index (χ0n) is 22.7. The van der Waals surface area contributed by atoms with Crippen molar-refractivity contribution in [2.75, 3.05) is 0 Å². The molecule has 0 saturated heterocycles. The Kier molecular flexibility index (Phi) is 7.66. The summed E-state index contributed by atoms with van der Waals surface area (Å²) in [5.74, 6) is 0.198. The third-order valence-corrected chi connectivity index (χ3v) is 8.54. The van der Waals surface area contributed by atoms with Gasteiger partial charge < -0.3 is 14.9 Å². The van der Waals surface area contributed by atoms with Crippen LogP contribution in [0.2, 0.25) is 0 Å². The molecule has 0 heterocycles. The van der Waals surface area contributed by atoms with E-state index in [9.17, 15) is 15.0 Å². The highest BCUT2D eigenvalue weighted by molar-refractivity contribution is 5.80. The predicted octanol–water partition coefficient (Wildman–Crippen LogP) is 7.38. The lowest BCUT2D eigenvalue weighted by atomic mass is 9.61. The van der Waals surface area contributed by atoms with Gasteiger partial charge in [0.2, 0.25) is 0 Å². The first-order chi connectivity index (χ1) is 15.6. The number of carbonyl (C=O) groups is 1. The highest BCUT2D eigenvalue weighted by Gasteiger charge is 2.48. The minimum absolute atomic E-state index is 0.0391. The van der Waals surface area contributed by atoms with Crippen molar-refractivity contribution in [2.45, 2.75) is 130 Å². The van der Waals surface area contributed by atoms with Crippen molar-refractivity contribution < 1.29 is 19.7 Å². The van der Waals surface area contributed by atoms with E-state index in [2.05, 4.69) is 41.5 Å². The summed E-state index contributed by atoms with van der Waals surface area (Å²) in [7, 11) is 0. The standard InChI is InChI=1S/C30H48O4/c1-26(2,3)21-28(7,27(4,5)6)25(31)34-24-19-22(29(32)14-10-8-11-15-29)18-23(20-24)30(33)16-12-9-13-17-30/h18-20,32-33H,8-17,21H2,1-7H3. The van der Waals surface area contributed by atoms with Gasteiger partial charge in [-0.15, -0.1) is 0 Å². The van der Waals surface area contributed by atoms with Gasteiger partial charge in [0.15, 0.2) is 0 Å². The second-order valence-corrected chi connectivity index (χ2v) is 13.6. The van der Waals surface area contributed by atoms with Crippen molar-refractivity contribution in [3.05, 3.63) is 29.3 Å². The molecule has 0 aliphatic heterocycles. The number of carbonyl (C=O) groups excluding carboxylic acids is 1. The Morgan fingerprint density at radius 1 is 0.765 bits per heavy atom. The molecule has 2 aliphatic rings. The number of aliphatic hydroxyl groups is 2. The second kappa shape index (κ2) is 9.58. The molecule has 2 fully saturated rings. The molecule has 1 aromatic rings. The van der Waals surface area contributed by atoms with E-state index in [1.807, 2.05) is 25.1 Å². The van der Waals surface area contributed by atoms with E-state index in [4.69, 9.17) is 4.74 Å². The summed E-state index contributed by atoms with van der Waals surface area (Å²) in [6, 6.07) is 5.67. The van der Waals surface area contributed by atoms with E-state index in [0.29, 0.717) is 37.9 Å². The highest BCUT2D eigenvalue weighted by atomic mass is 16.5. The quantitative estimate of drug-likeness (QED) is 0.346. The van der Waals surface area contributed by atoms with Crippen molar-refractivity contribution in [1.82, 2.24) is 0 Å². The molecule has 2 saturated carbocycles. The molecule has 34 heavy (non-hydrogen) atoms. The number of rotatable bonds is 5. The van der Waals surface area contributed by atoms with E-state index >= 15 is 0 Å². The normalized spacial score (nSPS) is 22.6. The van der Waals surface area contributed by atoms with Crippen LogP contribution in [-0.4, -0.2) is 16.2 Å². The minimum atomic E-state index is -0.931. The van der Waals surface area contributed by atoms with Gasteiger partial charge in [-0.3, -0.25) is 4.79 Å². The number of benzene rings is 1. The first-order valence-corrected chi connectivity index (χ1v) is 13.4. The van der Waals surface area contributed by atoms with Gasteiger partial charge in [-0.1, -0.05) is 80.1 Å². The van der Waals surface area contributed by atoms with Crippen molar-refractivity contribution in [3.63, 3.8) is 0 Å². The molecule has 3 rings (SSSR count). The molecule has 1 unspecified atom stereocenters. The number of hydrogen-bond donors (Lipinski definition) is 2. The maximum atomic E-state index is 13.7. The van der Waals surface area contributed by atoms with E-state index in [0.717, 1.165) is 49.7 Å². The van der Waals surface area contributed by atoms with Gasteiger partial charge in [0.05, 0.1) is 16.6 Å². The average molecular weight is 473 g/mol. The third kappa shape index (κ3) is 5.87.